The summed E-state index contributed by atoms with van der Waals surface area (Å²) < 4.78 is 11.3. The van der Waals surface area contributed by atoms with E-state index >= 15 is 0 Å². The van der Waals surface area contributed by atoms with Crippen molar-refractivity contribution < 1.29 is 14.6 Å². The van der Waals surface area contributed by atoms with Crippen molar-refractivity contribution in [2.75, 3.05) is 26.2 Å². The second-order valence-electron chi connectivity index (χ2n) is 5.46. The lowest BCUT2D eigenvalue weighted by Crippen LogP contribution is -2.46. The molecule has 1 aromatic carbocycles. The van der Waals surface area contributed by atoms with Crippen LogP contribution in [0, 0.1) is 0 Å². The van der Waals surface area contributed by atoms with E-state index in [0.29, 0.717) is 13.2 Å². The SMILES string of the molecule is CCOc1ccccc1C(O)CN1CC(C)OC(C)C1. The zero-order valence-electron chi connectivity index (χ0n) is 12.6. The first-order valence-corrected chi connectivity index (χ1v) is 7.37. The molecule has 3 atom stereocenters. The topological polar surface area (TPSA) is 41.9 Å². The van der Waals surface area contributed by atoms with Crippen LogP contribution in [0.15, 0.2) is 24.3 Å². The fourth-order valence-electron chi connectivity index (χ4n) is 2.82. The molecule has 0 aliphatic carbocycles. The number of nitrogens with zero attached hydrogens (tertiary/aromatic N) is 1. The van der Waals surface area contributed by atoms with Gasteiger partial charge in [-0.3, -0.25) is 4.90 Å². The van der Waals surface area contributed by atoms with Gasteiger partial charge in [-0.2, -0.15) is 0 Å². The second kappa shape index (κ2) is 7.07. The third-order valence-electron chi connectivity index (χ3n) is 3.50. The first kappa shape index (κ1) is 15.3. The molecule has 0 aromatic heterocycles. The predicted octanol–water partition coefficient (Wildman–Crippen LogP) is 2.23. The maximum Gasteiger partial charge on any atom is 0.125 e. The number of morpholine rings is 1. The van der Waals surface area contributed by atoms with Gasteiger partial charge in [0.15, 0.2) is 0 Å². The highest BCUT2D eigenvalue weighted by molar-refractivity contribution is 5.35. The lowest BCUT2D eigenvalue weighted by atomic mass is 10.1. The molecule has 0 bridgehead atoms. The summed E-state index contributed by atoms with van der Waals surface area (Å²) in [6.45, 7) is 9.04. The Labute approximate surface area is 121 Å². The summed E-state index contributed by atoms with van der Waals surface area (Å²) in [6, 6.07) is 7.71. The van der Waals surface area contributed by atoms with Gasteiger partial charge in [-0.05, 0) is 26.8 Å². The van der Waals surface area contributed by atoms with Crippen LogP contribution in [0.1, 0.15) is 32.4 Å². The van der Waals surface area contributed by atoms with Crippen molar-refractivity contribution >= 4 is 0 Å². The Kier molecular flexibility index (Phi) is 5.40. The average Bonchev–Trinajstić information content (AvgIpc) is 2.38. The van der Waals surface area contributed by atoms with E-state index in [1.54, 1.807) is 0 Å². The highest BCUT2D eigenvalue weighted by Gasteiger charge is 2.25. The van der Waals surface area contributed by atoms with Gasteiger partial charge < -0.3 is 14.6 Å². The van der Waals surface area contributed by atoms with Crippen LogP contribution in [0.3, 0.4) is 0 Å². The number of hydrogen-bond acceptors (Lipinski definition) is 4. The molecule has 0 saturated carbocycles. The lowest BCUT2D eigenvalue weighted by molar-refractivity contribution is -0.0768. The van der Waals surface area contributed by atoms with Crippen molar-refractivity contribution in [1.82, 2.24) is 4.90 Å². The monoisotopic (exact) mass is 279 g/mol. The summed E-state index contributed by atoms with van der Waals surface area (Å²) in [6.07, 6.45) is -0.101. The molecule has 0 radical (unpaired) electrons. The molecule has 1 aromatic rings. The third kappa shape index (κ3) is 3.95. The molecule has 20 heavy (non-hydrogen) atoms. The van der Waals surface area contributed by atoms with Gasteiger partial charge in [-0.25, -0.2) is 0 Å². The Morgan fingerprint density at radius 3 is 2.60 bits per heavy atom. The summed E-state index contributed by atoms with van der Waals surface area (Å²) in [4.78, 5) is 2.26. The molecule has 1 fully saturated rings. The van der Waals surface area contributed by atoms with Gasteiger partial charge in [0, 0.05) is 25.2 Å². The maximum atomic E-state index is 10.5. The van der Waals surface area contributed by atoms with Crippen molar-refractivity contribution in [3.05, 3.63) is 29.8 Å². The minimum absolute atomic E-state index is 0.216. The largest absolute Gasteiger partial charge is 0.493 e. The van der Waals surface area contributed by atoms with Crippen molar-refractivity contribution in [2.24, 2.45) is 0 Å². The van der Waals surface area contributed by atoms with Crippen LogP contribution in [0.2, 0.25) is 0 Å². The molecular weight excluding hydrogens is 254 g/mol. The molecule has 112 valence electrons. The van der Waals surface area contributed by atoms with E-state index in [1.807, 2.05) is 31.2 Å². The van der Waals surface area contributed by atoms with Crippen molar-refractivity contribution in [3.8, 4) is 5.75 Å². The number of benzene rings is 1. The van der Waals surface area contributed by atoms with Gasteiger partial charge in [0.1, 0.15) is 5.75 Å². The van der Waals surface area contributed by atoms with Crippen LogP contribution in [0.25, 0.3) is 0 Å². The number of para-hydroxylation sites is 1. The minimum Gasteiger partial charge on any atom is -0.493 e. The number of hydrogen-bond donors (Lipinski definition) is 1. The molecule has 4 heteroatoms. The van der Waals surface area contributed by atoms with E-state index in [9.17, 15) is 5.11 Å². The third-order valence-corrected chi connectivity index (χ3v) is 3.50. The molecule has 0 amide bonds. The first-order chi connectivity index (χ1) is 9.60. The molecule has 1 aliphatic rings. The van der Waals surface area contributed by atoms with E-state index in [-0.39, 0.29) is 12.2 Å². The summed E-state index contributed by atoms with van der Waals surface area (Å²) in [7, 11) is 0. The first-order valence-electron chi connectivity index (χ1n) is 7.37. The van der Waals surface area contributed by atoms with E-state index in [4.69, 9.17) is 9.47 Å². The van der Waals surface area contributed by atoms with Crippen LogP contribution in [-0.4, -0.2) is 48.5 Å². The van der Waals surface area contributed by atoms with Gasteiger partial charge >= 0.3 is 0 Å². The fraction of sp³-hybridized carbons (Fsp3) is 0.625. The zero-order valence-corrected chi connectivity index (χ0v) is 12.6. The molecule has 3 unspecified atom stereocenters. The van der Waals surface area contributed by atoms with Crippen LogP contribution in [0.4, 0.5) is 0 Å². The predicted molar refractivity (Wildman–Crippen MR) is 79.0 cm³/mol. The quantitative estimate of drug-likeness (QED) is 0.897. The standard InChI is InChI=1S/C16H25NO3/c1-4-19-16-8-6-5-7-14(16)15(18)11-17-9-12(2)20-13(3)10-17/h5-8,12-13,15,18H,4,9-11H2,1-3H3. The number of ether oxygens (including phenoxy) is 2. The van der Waals surface area contributed by atoms with Gasteiger partial charge in [0.05, 0.1) is 24.9 Å². The zero-order chi connectivity index (χ0) is 14.5. The lowest BCUT2D eigenvalue weighted by Gasteiger charge is -2.36. The van der Waals surface area contributed by atoms with Crippen molar-refractivity contribution in [2.45, 2.75) is 39.1 Å². The number of rotatable bonds is 5. The molecule has 4 nitrogen and oxygen atoms in total. The molecule has 1 aliphatic heterocycles. The highest BCUT2D eigenvalue weighted by Crippen LogP contribution is 2.26. The Morgan fingerprint density at radius 1 is 1.30 bits per heavy atom. The normalized spacial score (nSPS) is 25.4. The van der Waals surface area contributed by atoms with E-state index in [1.165, 1.54) is 0 Å². The summed E-state index contributed by atoms with van der Waals surface area (Å²) in [5.74, 6) is 0.775. The van der Waals surface area contributed by atoms with Gasteiger partial charge in [-0.1, -0.05) is 18.2 Å². The molecule has 1 heterocycles. The summed E-state index contributed by atoms with van der Waals surface area (Å²) in [5, 5.41) is 10.5. The van der Waals surface area contributed by atoms with Gasteiger partial charge in [-0.15, -0.1) is 0 Å². The van der Waals surface area contributed by atoms with E-state index < -0.39 is 6.10 Å². The maximum absolute atomic E-state index is 10.5. The molecule has 1 N–H and O–H groups in total. The van der Waals surface area contributed by atoms with Gasteiger partial charge in [0.25, 0.3) is 0 Å². The van der Waals surface area contributed by atoms with Crippen molar-refractivity contribution in [1.29, 1.82) is 0 Å². The smallest absolute Gasteiger partial charge is 0.125 e. The molecule has 1 saturated heterocycles. The Hall–Kier alpha value is -1.10. The number of aliphatic hydroxyl groups excluding tert-OH is 1. The van der Waals surface area contributed by atoms with Crippen LogP contribution in [-0.2, 0) is 4.74 Å². The number of aliphatic hydroxyl groups is 1. The molecule has 0 spiro atoms. The van der Waals surface area contributed by atoms with Crippen LogP contribution in [0.5, 0.6) is 5.75 Å². The van der Waals surface area contributed by atoms with E-state index in [2.05, 4.69) is 18.7 Å². The molecule has 2 rings (SSSR count). The Bertz CT molecular complexity index is 414. The fourth-order valence-corrected chi connectivity index (χ4v) is 2.82. The summed E-state index contributed by atoms with van der Waals surface area (Å²) in [5.41, 5.74) is 0.862. The highest BCUT2D eigenvalue weighted by atomic mass is 16.5. The van der Waals surface area contributed by atoms with Crippen LogP contribution >= 0.6 is 0 Å². The summed E-state index contributed by atoms with van der Waals surface area (Å²) >= 11 is 0. The average molecular weight is 279 g/mol. The Morgan fingerprint density at radius 2 is 1.95 bits per heavy atom. The minimum atomic E-state index is -0.532. The number of β-amino-alcohol motifs (C(OH)–C–C–N with tert-alkyl or cyclic N) is 1. The van der Waals surface area contributed by atoms with Gasteiger partial charge in [0.2, 0.25) is 0 Å². The van der Waals surface area contributed by atoms with Crippen molar-refractivity contribution in [3.63, 3.8) is 0 Å². The second-order valence-corrected chi connectivity index (χ2v) is 5.46. The molecular formula is C16H25NO3. The van der Waals surface area contributed by atoms with E-state index in [0.717, 1.165) is 24.4 Å². The van der Waals surface area contributed by atoms with Crippen LogP contribution < -0.4 is 4.74 Å². The Balaban J connectivity index is 2.02.